The molecule has 0 amide bonds. The summed E-state index contributed by atoms with van der Waals surface area (Å²) in [5, 5.41) is 22.0. The van der Waals surface area contributed by atoms with Gasteiger partial charge in [-0.2, -0.15) is 13.2 Å². The lowest BCUT2D eigenvalue weighted by Crippen LogP contribution is -2.62. The highest BCUT2D eigenvalue weighted by Gasteiger charge is 2.69. The Balaban J connectivity index is 1.40. The van der Waals surface area contributed by atoms with Crippen LogP contribution in [0.5, 0.6) is 0 Å². The van der Waals surface area contributed by atoms with Gasteiger partial charge in [-0.05, 0) is 80.6 Å². The third-order valence-electron chi connectivity index (χ3n) is 10.2. The van der Waals surface area contributed by atoms with Gasteiger partial charge in [-0.25, -0.2) is 4.98 Å². The molecule has 7 rings (SSSR count). The predicted octanol–water partition coefficient (Wildman–Crippen LogP) is 4.52. The summed E-state index contributed by atoms with van der Waals surface area (Å²) < 4.78 is 51.4. The quantitative estimate of drug-likeness (QED) is 0.535. The zero-order chi connectivity index (χ0) is 26.8. The maximum absolute atomic E-state index is 14.8. The zero-order valence-corrected chi connectivity index (χ0v) is 21.6. The van der Waals surface area contributed by atoms with Crippen LogP contribution in [-0.4, -0.2) is 74.8 Å². The molecule has 6 nitrogen and oxygen atoms in total. The second-order valence-corrected chi connectivity index (χ2v) is 12.3. The van der Waals surface area contributed by atoms with Gasteiger partial charge < -0.3 is 24.8 Å². The second kappa shape index (κ2) is 7.59. The highest BCUT2D eigenvalue weighted by Crippen LogP contribution is 2.70. The number of aliphatic hydroxyl groups excluding tert-OH is 2. The third-order valence-corrected chi connectivity index (χ3v) is 10.2. The van der Waals surface area contributed by atoms with E-state index in [2.05, 4.69) is 16.0 Å². The summed E-state index contributed by atoms with van der Waals surface area (Å²) >= 11 is 0. The van der Waals surface area contributed by atoms with E-state index in [4.69, 9.17) is 4.74 Å². The number of halogens is 3. The second-order valence-electron chi connectivity index (χ2n) is 12.3. The highest BCUT2D eigenvalue weighted by atomic mass is 19.4. The Labute approximate surface area is 218 Å². The Morgan fingerprint density at radius 1 is 1.18 bits per heavy atom. The minimum absolute atomic E-state index is 0.156. The maximum atomic E-state index is 14.8. The van der Waals surface area contributed by atoms with Crippen molar-refractivity contribution in [3.8, 4) is 0 Å². The predicted molar refractivity (Wildman–Crippen MR) is 136 cm³/mol. The van der Waals surface area contributed by atoms with Crippen molar-refractivity contribution in [1.82, 2.24) is 14.9 Å². The molecule has 2 aliphatic heterocycles. The number of imidazole rings is 1. The molecular weight excluding hydrogens is 495 g/mol. The molecule has 2 spiro atoms. The SMILES string of the molecule is CN(C)[C@H]1C[C@@]23CC[C@@]4(O2)C(=C(C(F)(F)F)C[C@]2(C)C(c5ccc6nc[nH]c6c5)=CCC24)C=C3[C@@H](O)[C@@H]1O. The van der Waals surface area contributed by atoms with Crippen LogP contribution >= 0.6 is 0 Å². The molecule has 3 aliphatic carbocycles. The maximum Gasteiger partial charge on any atom is 0.413 e. The van der Waals surface area contributed by atoms with E-state index >= 15 is 0 Å². The molecule has 1 aromatic carbocycles. The number of nitrogens with one attached hydrogen (secondary N) is 1. The fourth-order valence-corrected chi connectivity index (χ4v) is 8.48. The Kier molecular flexibility index (Phi) is 4.91. The van der Waals surface area contributed by atoms with Crippen molar-refractivity contribution < 1.29 is 28.1 Å². The number of allylic oxidation sites excluding steroid dienone is 3. The van der Waals surface area contributed by atoms with Crippen LogP contribution in [0.1, 0.15) is 44.6 Å². The van der Waals surface area contributed by atoms with Gasteiger partial charge in [0, 0.05) is 22.9 Å². The Morgan fingerprint density at radius 3 is 2.71 bits per heavy atom. The number of ether oxygens (including phenoxy) is 1. The summed E-state index contributed by atoms with van der Waals surface area (Å²) in [5.41, 5.74) is 0.682. The Hall–Kier alpha value is -2.46. The van der Waals surface area contributed by atoms with Crippen molar-refractivity contribution in [2.24, 2.45) is 11.3 Å². The molecule has 1 unspecified atom stereocenters. The number of nitrogens with zero attached hydrogens (tertiary/aromatic N) is 2. The van der Waals surface area contributed by atoms with Crippen molar-refractivity contribution in [3.63, 3.8) is 0 Å². The normalized spacial score (nSPS) is 40.2. The summed E-state index contributed by atoms with van der Waals surface area (Å²) in [4.78, 5) is 9.26. The molecule has 9 heteroatoms. The first-order chi connectivity index (χ1) is 17.9. The van der Waals surface area contributed by atoms with Gasteiger partial charge in [0.2, 0.25) is 0 Å². The van der Waals surface area contributed by atoms with E-state index in [-0.39, 0.29) is 24.0 Å². The van der Waals surface area contributed by atoms with Gasteiger partial charge >= 0.3 is 6.18 Å². The average Bonchev–Trinajstić information content (AvgIpc) is 3.54. The van der Waals surface area contributed by atoms with E-state index in [9.17, 15) is 23.4 Å². The van der Waals surface area contributed by atoms with Crippen molar-refractivity contribution in [2.75, 3.05) is 14.1 Å². The van der Waals surface area contributed by atoms with Crippen LogP contribution < -0.4 is 0 Å². The molecule has 5 aliphatic rings. The first kappa shape index (κ1) is 24.6. The van der Waals surface area contributed by atoms with Gasteiger partial charge in [-0.1, -0.05) is 25.1 Å². The first-order valence-electron chi connectivity index (χ1n) is 13.3. The average molecular weight is 528 g/mol. The molecule has 3 heterocycles. The molecule has 7 atom stereocenters. The number of hydrogen-bond donors (Lipinski definition) is 3. The Bertz CT molecular complexity index is 1440. The van der Waals surface area contributed by atoms with Crippen LogP contribution in [0.3, 0.4) is 0 Å². The minimum Gasteiger partial charge on any atom is -0.388 e. The molecule has 0 radical (unpaired) electrons. The largest absolute Gasteiger partial charge is 0.413 e. The number of benzene rings is 1. The minimum atomic E-state index is -4.55. The smallest absolute Gasteiger partial charge is 0.388 e. The number of aromatic amines is 1. The topological polar surface area (TPSA) is 81.6 Å². The Morgan fingerprint density at radius 2 is 1.97 bits per heavy atom. The monoisotopic (exact) mass is 527 g/mol. The number of hydrogen-bond acceptors (Lipinski definition) is 5. The number of alkyl halides is 3. The summed E-state index contributed by atoms with van der Waals surface area (Å²) in [6.45, 7) is 1.96. The molecular formula is C29H32F3N3O3. The lowest BCUT2D eigenvalue weighted by molar-refractivity contribution is -0.170. The molecule has 1 saturated carbocycles. The van der Waals surface area contributed by atoms with Gasteiger partial charge in [-0.15, -0.1) is 0 Å². The molecule has 2 bridgehead atoms. The van der Waals surface area contributed by atoms with Crippen molar-refractivity contribution in [3.05, 3.63) is 59.0 Å². The standard InChI is InChI=1S/C29H32F3N3O3/c1-26-12-19(29(30,31)32)17-11-18-24(36)25(37)22(35(2)3)13-27(18)8-9-28(17,38-27)23(26)7-5-16(26)15-4-6-20-21(10-15)34-14-33-20/h4-6,10-11,14,22-25,36-37H,7-9,12-13H2,1-3H3,(H,33,34)/t22-,23?,24+,25+,26+,27+,28+/m0/s1. The lowest BCUT2D eigenvalue weighted by atomic mass is 9.56. The molecule has 1 aromatic heterocycles. The van der Waals surface area contributed by atoms with Crippen LogP contribution in [-0.2, 0) is 4.74 Å². The fourth-order valence-electron chi connectivity index (χ4n) is 8.48. The van der Waals surface area contributed by atoms with Crippen molar-refractivity contribution >= 4 is 16.6 Å². The van der Waals surface area contributed by atoms with Gasteiger partial charge in [0.15, 0.2) is 0 Å². The third kappa shape index (κ3) is 3.01. The number of likely N-dealkylation sites (N-methyl/N-ethyl adjacent to an activating group) is 1. The van der Waals surface area contributed by atoms with E-state index in [0.29, 0.717) is 31.3 Å². The number of rotatable bonds is 2. The first-order valence-corrected chi connectivity index (χ1v) is 13.3. The number of fused-ring (bicyclic) bond motifs is 2. The molecule has 202 valence electrons. The molecule has 38 heavy (non-hydrogen) atoms. The zero-order valence-electron chi connectivity index (χ0n) is 21.6. The molecule has 3 N–H and O–H groups in total. The highest BCUT2D eigenvalue weighted by molar-refractivity contribution is 5.83. The number of aliphatic hydroxyl groups is 2. The number of aromatic nitrogens is 2. The van der Waals surface area contributed by atoms with Crippen LogP contribution in [0.2, 0.25) is 0 Å². The van der Waals surface area contributed by atoms with E-state index < -0.39 is 40.6 Å². The van der Waals surface area contributed by atoms with Gasteiger partial charge in [0.05, 0.1) is 34.7 Å². The molecule has 1 saturated heterocycles. The summed E-state index contributed by atoms with van der Waals surface area (Å²) in [5.74, 6) is -0.178. The number of H-pyrrole nitrogens is 1. The summed E-state index contributed by atoms with van der Waals surface area (Å²) in [6.07, 6.45) is 0.206. The van der Waals surface area contributed by atoms with Crippen LogP contribution in [0.15, 0.2) is 53.4 Å². The van der Waals surface area contributed by atoms with Gasteiger partial charge in [0.25, 0.3) is 0 Å². The fraction of sp³-hybridized carbons (Fsp3) is 0.552. The van der Waals surface area contributed by atoms with E-state index in [0.717, 1.165) is 22.2 Å². The van der Waals surface area contributed by atoms with Crippen LogP contribution in [0, 0.1) is 11.3 Å². The van der Waals surface area contributed by atoms with Crippen molar-refractivity contribution in [1.29, 1.82) is 0 Å². The van der Waals surface area contributed by atoms with Gasteiger partial charge in [-0.3, -0.25) is 0 Å². The summed E-state index contributed by atoms with van der Waals surface area (Å²) in [7, 11) is 3.68. The summed E-state index contributed by atoms with van der Waals surface area (Å²) in [6, 6.07) is 5.46. The lowest BCUT2D eigenvalue weighted by Gasteiger charge is -2.57. The van der Waals surface area contributed by atoms with Crippen LogP contribution in [0.4, 0.5) is 13.2 Å². The van der Waals surface area contributed by atoms with Crippen LogP contribution in [0.25, 0.3) is 16.6 Å². The molecule has 2 aromatic rings. The van der Waals surface area contributed by atoms with Crippen molar-refractivity contribution in [2.45, 2.75) is 74.7 Å². The van der Waals surface area contributed by atoms with E-state index in [1.807, 2.05) is 44.1 Å². The van der Waals surface area contributed by atoms with E-state index in [1.54, 1.807) is 12.4 Å². The van der Waals surface area contributed by atoms with Gasteiger partial charge in [0.1, 0.15) is 6.10 Å². The molecule has 2 fully saturated rings. The van der Waals surface area contributed by atoms with E-state index in [1.165, 1.54) is 0 Å².